The number of hydrogen-bond acceptors (Lipinski definition) is 6. The molecule has 1 unspecified atom stereocenters. The molecule has 0 aliphatic rings. The Bertz CT molecular complexity index is 979. The predicted octanol–water partition coefficient (Wildman–Crippen LogP) is 4.81. The van der Waals surface area contributed by atoms with Crippen molar-refractivity contribution in [3.05, 3.63) is 36.0 Å². The van der Waals surface area contributed by atoms with Crippen LogP contribution in [0, 0.1) is 0 Å². The Labute approximate surface area is 189 Å². The second kappa shape index (κ2) is 9.63. The van der Waals surface area contributed by atoms with Crippen LogP contribution in [0.3, 0.4) is 0 Å². The Balaban J connectivity index is 2.39. The van der Waals surface area contributed by atoms with Gasteiger partial charge in [0.1, 0.15) is 17.2 Å². The van der Waals surface area contributed by atoms with Crippen LogP contribution < -0.4 is 5.32 Å². The number of carbonyl (C=O) groups excluding carboxylic acids is 3. The molecule has 8 nitrogen and oxygen atoms in total. The number of esters is 1. The molecule has 32 heavy (non-hydrogen) atoms. The van der Waals surface area contributed by atoms with Crippen molar-refractivity contribution in [2.75, 3.05) is 0 Å². The lowest BCUT2D eigenvalue weighted by molar-refractivity contribution is -0.149. The smallest absolute Gasteiger partial charge is 0.419 e. The highest BCUT2D eigenvalue weighted by molar-refractivity contribution is 5.93. The van der Waals surface area contributed by atoms with Gasteiger partial charge in [0.15, 0.2) is 0 Å². The molecule has 0 bridgehead atoms. The molecule has 0 saturated heterocycles. The van der Waals surface area contributed by atoms with Gasteiger partial charge in [-0.25, -0.2) is 14.4 Å². The van der Waals surface area contributed by atoms with Crippen LogP contribution in [0.4, 0.5) is 9.59 Å². The number of hydrogen-bond donors (Lipinski definition) is 1. The average Bonchev–Trinajstić information content (AvgIpc) is 2.96. The molecule has 1 heterocycles. The van der Waals surface area contributed by atoms with E-state index in [9.17, 15) is 14.4 Å². The van der Waals surface area contributed by atoms with E-state index in [1.807, 2.05) is 18.2 Å². The number of rotatable bonds is 5. The van der Waals surface area contributed by atoms with E-state index in [1.165, 1.54) is 4.57 Å². The van der Waals surface area contributed by atoms with E-state index in [1.54, 1.807) is 67.7 Å². The van der Waals surface area contributed by atoms with Crippen molar-refractivity contribution in [2.45, 2.75) is 85.2 Å². The number of alkyl carbamates (subject to hydrolysis) is 1. The Kier molecular flexibility index (Phi) is 7.59. The third-order valence-corrected chi connectivity index (χ3v) is 4.14. The Morgan fingerprint density at radius 2 is 1.56 bits per heavy atom. The van der Waals surface area contributed by atoms with Crippen LogP contribution >= 0.6 is 0 Å². The molecule has 0 aliphatic carbocycles. The normalized spacial score (nSPS) is 13.0. The van der Waals surface area contributed by atoms with Crippen molar-refractivity contribution < 1.29 is 28.6 Å². The van der Waals surface area contributed by atoms with Crippen molar-refractivity contribution in [3.63, 3.8) is 0 Å². The lowest BCUT2D eigenvalue weighted by atomic mass is 10.1. The lowest BCUT2D eigenvalue weighted by Crippen LogP contribution is -2.46. The van der Waals surface area contributed by atoms with Gasteiger partial charge in [0, 0.05) is 18.0 Å². The fourth-order valence-corrected chi connectivity index (χ4v) is 3.05. The fourth-order valence-electron chi connectivity index (χ4n) is 3.05. The Morgan fingerprint density at radius 3 is 2.12 bits per heavy atom. The van der Waals surface area contributed by atoms with Crippen LogP contribution in [0.25, 0.3) is 10.9 Å². The van der Waals surface area contributed by atoms with Crippen molar-refractivity contribution in [2.24, 2.45) is 0 Å². The summed E-state index contributed by atoms with van der Waals surface area (Å²) in [6, 6.07) is 6.31. The second-order valence-electron chi connectivity index (χ2n) is 9.91. The molecule has 0 aliphatic heterocycles. The number of ether oxygens (including phenoxy) is 3. The molecule has 1 N–H and O–H groups in total. The first-order valence-electron chi connectivity index (χ1n) is 10.7. The second-order valence-corrected chi connectivity index (χ2v) is 9.91. The van der Waals surface area contributed by atoms with Gasteiger partial charge in [-0.15, -0.1) is 0 Å². The summed E-state index contributed by atoms with van der Waals surface area (Å²) in [4.78, 5) is 37.8. The van der Waals surface area contributed by atoms with Gasteiger partial charge in [-0.2, -0.15) is 0 Å². The summed E-state index contributed by atoms with van der Waals surface area (Å²) >= 11 is 0. The van der Waals surface area contributed by atoms with E-state index in [-0.39, 0.29) is 12.5 Å². The zero-order valence-corrected chi connectivity index (χ0v) is 20.1. The van der Waals surface area contributed by atoms with Crippen molar-refractivity contribution in [1.29, 1.82) is 0 Å². The van der Waals surface area contributed by atoms with Gasteiger partial charge in [0.25, 0.3) is 0 Å². The number of amides is 1. The first-order chi connectivity index (χ1) is 14.7. The number of para-hydroxylation sites is 1. The zero-order valence-electron chi connectivity index (χ0n) is 20.1. The molecule has 0 spiro atoms. The number of nitrogens with one attached hydrogen (secondary N) is 1. The summed E-state index contributed by atoms with van der Waals surface area (Å²) < 4.78 is 17.6. The van der Waals surface area contributed by atoms with E-state index >= 15 is 0 Å². The highest BCUT2D eigenvalue weighted by atomic mass is 16.6. The summed E-state index contributed by atoms with van der Waals surface area (Å²) in [5.41, 5.74) is -0.0494. The maximum Gasteiger partial charge on any atom is 0.419 e. The first-order valence-corrected chi connectivity index (χ1v) is 10.7. The standard InChI is InChI=1S/C24H34N2O6/c1-15(2)30-20(27)18(25-21(28)31-23(3,4)5)13-16-14-26(22(29)32-24(6,7)8)19-12-10-9-11-17(16)19/h9-12,14-15,18H,13H2,1-8H3,(H,25,28). The van der Waals surface area contributed by atoms with Crippen LogP contribution in [-0.2, 0) is 25.4 Å². The number of carbonyl (C=O) groups is 3. The minimum Gasteiger partial charge on any atom is -0.461 e. The molecule has 0 saturated carbocycles. The molecule has 1 amide bonds. The quantitative estimate of drug-likeness (QED) is 0.523. The average molecular weight is 447 g/mol. The third-order valence-electron chi connectivity index (χ3n) is 4.14. The van der Waals surface area contributed by atoms with Crippen molar-refractivity contribution >= 4 is 29.1 Å². The van der Waals surface area contributed by atoms with E-state index in [0.717, 1.165) is 5.39 Å². The molecule has 176 valence electrons. The molecular weight excluding hydrogens is 412 g/mol. The molecule has 0 radical (unpaired) electrons. The van der Waals surface area contributed by atoms with Crippen LogP contribution in [0.2, 0.25) is 0 Å². The number of nitrogens with zero attached hydrogens (tertiary/aromatic N) is 1. The zero-order chi connectivity index (χ0) is 24.3. The molecule has 1 aromatic heterocycles. The van der Waals surface area contributed by atoms with Gasteiger partial charge >= 0.3 is 18.2 Å². The largest absolute Gasteiger partial charge is 0.461 e. The summed E-state index contributed by atoms with van der Waals surface area (Å²) in [5, 5.41) is 3.38. The molecule has 2 rings (SSSR count). The molecule has 0 fully saturated rings. The van der Waals surface area contributed by atoms with Gasteiger partial charge in [-0.05, 0) is 67.0 Å². The van der Waals surface area contributed by atoms with Crippen molar-refractivity contribution in [3.8, 4) is 0 Å². The molecular formula is C24H34N2O6. The minimum atomic E-state index is -0.995. The third kappa shape index (κ3) is 7.28. The Hall–Kier alpha value is -3.03. The number of benzene rings is 1. The van der Waals surface area contributed by atoms with Gasteiger partial charge in [-0.3, -0.25) is 4.57 Å². The molecule has 2 aromatic rings. The van der Waals surface area contributed by atoms with Crippen LogP contribution in [0.15, 0.2) is 30.5 Å². The maximum atomic E-state index is 12.7. The van der Waals surface area contributed by atoms with Gasteiger partial charge in [0.05, 0.1) is 11.6 Å². The van der Waals surface area contributed by atoms with Crippen molar-refractivity contribution in [1.82, 2.24) is 9.88 Å². The van der Waals surface area contributed by atoms with Gasteiger partial charge in [-0.1, -0.05) is 18.2 Å². The summed E-state index contributed by atoms with van der Waals surface area (Å²) in [6.45, 7) is 14.1. The Morgan fingerprint density at radius 1 is 0.969 bits per heavy atom. The highest BCUT2D eigenvalue weighted by Crippen LogP contribution is 2.24. The fraction of sp³-hybridized carbons (Fsp3) is 0.542. The predicted molar refractivity (Wildman–Crippen MR) is 122 cm³/mol. The van der Waals surface area contributed by atoms with E-state index in [2.05, 4.69) is 5.32 Å². The monoisotopic (exact) mass is 446 g/mol. The number of fused-ring (bicyclic) bond motifs is 1. The topological polar surface area (TPSA) is 95.9 Å². The van der Waals surface area contributed by atoms with E-state index in [4.69, 9.17) is 14.2 Å². The van der Waals surface area contributed by atoms with Crippen LogP contribution in [0.5, 0.6) is 0 Å². The van der Waals surface area contributed by atoms with Gasteiger partial charge < -0.3 is 19.5 Å². The van der Waals surface area contributed by atoms with E-state index < -0.39 is 35.4 Å². The summed E-state index contributed by atoms with van der Waals surface area (Å²) in [7, 11) is 0. The highest BCUT2D eigenvalue weighted by Gasteiger charge is 2.29. The van der Waals surface area contributed by atoms with Crippen LogP contribution in [-0.4, -0.2) is 46.1 Å². The van der Waals surface area contributed by atoms with Crippen LogP contribution in [0.1, 0.15) is 61.0 Å². The maximum absolute atomic E-state index is 12.7. The van der Waals surface area contributed by atoms with Gasteiger partial charge in [0.2, 0.25) is 0 Å². The lowest BCUT2D eigenvalue weighted by Gasteiger charge is -2.23. The molecule has 1 atom stereocenters. The molecule has 8 heteroatoms. The molecule has 1 aromatic carbocycles. The SMILES string of the molecule is CC(C)OC(=O)C(Cc1cn(C(=O)OC(C)(C)C)c2ccccc12)NC(=O)OC(C)(C)C. The first kappa shape index (κ1) is 25.2. The summed E-state index contributed by atoms with van der Waals surface area (Å²) in [5.74, 6) is -0.583. The number of aromatic nitrogens is 1. The summed E-state index contributed by atoms with van der Waals surface area (Å²) in [6.07, 6.45) is 0.140. The minimum absolute atomic E-state index is 0.112. The van der Waals surface area contributed by atoms with E-state index in [0.29, 0.717) is 11.1 Å².